The molecular formula is C11H9NO8S. The molecule has 0 saturated carbocycles. The lowest BCUT2D eigenvalue weighted by Gasteiger charge is -2.10. The third-order valence-corrected chi connectivity index (χ3v) is 3.31. The van der Waals surface area contributed by atoms with Crippen LogP contribution in [0.3, 0.4) is 0 Å². The molecular weight excluding hydrogens is 306 g/mol. The van der Waals surface area contributed by atoms with Crippen molar-refractivity contribution in [1.82, 2.24) is 4.98 Å². The Labute approximate surface area is 121 Å². The van der Waals surface area contributed by atoms with E-state index in [1.54, 1.807) is 0 Å². The number of carbonyl (C=O) groups is 4. The quantitative estimate of drug-likeness (QED) is 0.521. The molecule has 21 heavy (non-hydrogen) atoms. The molecule has 1 unspecified atom stereocenters. The van der Waals surface area contributed by atoms with Crippen molar-refractivity contribution in [3.05, 3.63) is 23.5 Å². The van der Waals surface area contributed by atoms with Crippen LogP contribution < -0.4 is 0 Å². The van der Waals surface area contributed by atoms with Crippen molar-refractivity contribution < 1.29 is 39.6 Å². The monoisotopic (exact) mass is 315 g/mol. The third-order valence-electron chi connectivity index (χ3n) is 2.15. The zero-order chi connectivity index (χ0) is 16.2. The van der Waals surface area contributed by atoms with Crippen molar-refractivity contribution in [2.75, 3.05) is 0 Å². The fourth-order valence-electron chi connectivity index (χ4n) is 1.29. The Balaban J connectivity index is 3.16. The van der Waals surface area contributed by atoms with E-state index in [0.29, 0.717) is 11.8 Å². The molecule has 0 aliphatic rings. The molecule has 9 nitrogen and oxygen atoms in total. The highest BCUT2D eigenvalue weighted by atomic mass is 32.2. The van der Waals surface area contributed by atoms with Gasteiger partial charge in [0.25, 0.3) is 0 Å². The van der Waals surface area contributed by atoms with E-state index in [4.69, 9.17) is 20.4 Å². The largest absolute Gasteiger partial charge is 0.481 e. The molecule has 1 rings (SSSR count). The van der Waals surface area contributed by atoms with E-state index >= 15 is 0 Å². The Hall–Kier alpha value is -2.62. The minimum absolute atomic E-state index is 0.00606. The van der Waals surface area contributed by atoms with E-state index in [-0.39, 0.29) is 4.90 Å². The SMILES string of the molecule is O=C(O)CC(Sc1cc(C(=O)O)nc(C(=O)O)c1)C(=O)O. The second kappa shape index (κ2) is 6.70. The number of aliphatic carboxylic acids is 2. The van der Waals surface area contributed by atoms with Crippen LogP contribution in [0.4, 0.5) is 0 Å². The maximum atomic E-state index is 10.9. The second-order valence-corrected chi connectivity index (χ2v) is 5.00. The summed E-state index contributed by atoms with van der Waals surface area (Å²) in [6.45, 7) is 0. The second-order valence-electron chi connectivity index (χ2n) is 3.73. The van der Waals surface area contributed by atoms with E-state index < -0.39 is 46.9 Å². The first-order valence-corrected chi connectivity index (χ1v) is 6.18. The number of nitrogens with zero attached hydrogens (tertiary/aromatic N) is 1. The number of aromatic carboxylic acids is 2. The average molecular weight is 315 g/mol. The van der Waals surface area contributed by atoms with Gasteiger partial charge in [0, 0.05) is 4.90 Å². The number of carboxylic acids is 4. The van der Waals surface area contributed by atoms with Crippen LogP contribution in [0.15, 0.2) is 17.0 Å². The van der Waals surface area contributed by atoms with E-state index in [0.717, 1.165) is 12.1 Å². The van der Waals surface area contributed by atoms with E-state index in [2.05, 4.69) is 4.98 Å². The summed E-state index contributed by atoms with van der Waals surface area (Å²) in [6, 6.07) is 1.97. The van der Waals surface area contributed by atoms with Crippen LogP contribution in [0.5, 0.6) is 0 Å². The first-order valence-electron chi connectivity index (χ1n) is 5.30. The molecule has 4 N–H and O–H groups in total. The number of hydrogen-bond donors (Lipinski definition) is 4. The highest BCUT2D eigenvalue weighted by Gasteiger charge is 2.24. The van der Waals surface area contributed by atoms with Crippen molar-refractivity contribution in [3.8, 4) is 0 Å². The number of rotatable bonds is 7. The summed E-state index contributed by atoms with van der Waals surface area (Å²) in [4.78, 5) is 46.6. The van der Waals surface area contributed by atoms with Gasteiger partial charge in [0.2, 0.25) is 0 Å². The Morgan fingerprint density at radius 1 is 1.00 bits per heavy atom. The first-order chi connectivity index (χ1) is 9.70. The van der Waals surface area contributed by atoms with E-state index in [1.807, 2.05) is 0 Å². The van der Waals surface area contributed by atoms with Crippen LogP contribution in [0.1, 0.15) is 27.4 Å². The Kier molecular flexibility index (Phi) is 5.24. The van der Waals surface area contributed by atoms with Crippen LogP contribution in [-0.4, -0.2) is 54.5 Å². The average Bonchev–Trinajstić information content (AvgIpc) is 2.36. The number of hydrogen-bond acceptors (Lipinski definition) is 6. The summed E-state index contributed by atoms with van der Waals surface area (Å²) in [5, 5.41) is 33.8. The molecule has 0 aliphatic heterocycles. The molecule has 1 aromatic heterocycles. The van der Waals surface area contributed by atoms with Gasteiger partial charge in [-0.05, 0) is 12.1 Å². The van der Waals surface area contributed by atoms with Gasteiger partial charge in [-0.3, -0.25) is 9.59 Å². The van der Waals surface area contributed by atoms with Crippen LogP contribution >= 0.6 is 11.8 Å². The summed E-state index contributed by atoms with van der Waals surface area (Å²) >= 11 is 0.541. The minimum Gasteiger partial charge on any atom is -0.481 e. The fourth-order valence-corrected chi connectivity index (χ4v) is 2.31. The number of carboxylic acid groups (broad SMARTS) is 4. The summed E-state index contributed by atoms with van der Waals surface area (Å²) < 4.78 is 0. The van der Waals surface area contributed by atoms with Gasteiger partial charge in [-0.25, -0.2) is 14.6 Å². The van der Waals surface area contributed by atoms with Crippen molar-refractivity contribution in [2.24, 2.45) is 0 Å². The molecule has 112 valence electrons. The van der Waals surface area contributed by atoms with Crippen molar-refractivity contribution >= 4 is 35.6 Å². The van der Waals surface area contributed by atoms with Crippen LogP contribution in [0, 0.1) is 0 Å². The zero-order valence-electron chi connectivity index (χ0n) is 10.2. The lowest BCUT2D eigenvalue weighted by molar-refractivity contribution is -0.142. The molecule has 1 aromatic rings. The minimum atomic E-state index is -1.48. The lowest BCUT2D eigenvalue weighted by atomic mass is 10.3. The molecule has 0 fully saturated rings. The first kappa shape index (κ1) is 16.4. The molecule has 0 amide bonds. The van der Waals surface area contributed by atoms with Gasteiger partial charge in [-0.15, -0.1) is 11.8 Å². The van der Waals surface area contributed by atoms with Crippen LogP contribution in [0.25, 0.3) is 0 Å². The van der Waals surface area contributed by atoms with Gasteiger partial charge in [0.15, 0.2) is 0 Å². The van der Waals surface area contributed by atoms with Crippen LogP contribution in [0.2, 0.25) is 0 Å². The predicted octanol–water partition coefficient (Wildman–Crippen LogP) is 0.498. The van der Waals surface area contributed by atoms with Gasteiger partial charge in [-0.2, -0.15) is 0 Å². The highest BCUT2D eigenvalue weighted by molar-refractivity contribution is 8.00. The topological polar surface area (TPSA) is 162 Å². The summed E-state index contributed by atoms with van der Waals surface area (Å²) in [7, 11) is 0. The number of pyridine rings is 1. The van der Waals surface area contributed by atoms with E-state index in [1.165, 1.54) is 0 Å². The standard InChI is InChI=1S/C11H9NO8S/c13-8(14)3-7(11(19)20)21-4-1-5(9(15)16)12-6(2-4)10(17)18/h1-2,7H,3H2,(H,13,14)(H,15,16)(H,17,18)(H,19,20). The third kappa shape index (κ3) is 4.76. The molecule has 0 saturated heterocycles. The molecule has 0 radical (unpaired) electrons. The maximum absolute atomic E-state index is 10.9. The van der Waals surface area contributed by atoms with Crippen LogP contribution in [-0.2, 0) is 9.59 Å². The normalized spacial score (nSPS) is 11.6. The molecule has 0 aromatic carbocycles. The molecule has 0 aliphatic carbocycles. The van der Waals surface area contributed by atoms with Crippen molar-refractivity contribution in [2.45, 2.75) is 16.6 Å². The molecule has 1 atom stereocenters. The summed E-state index contributed by atoms with van der Waals surface area (Å²) in [5.41, 5.74) is -1.14. The Morgan fingerprint density at radius 2 is 1.48 bits per heavy atom. The smallest absolute Gasteiger partial charge is 0.354 e. The highest BCUT2D eigenvalue weighted by Crippen LogP contribution is 2.27. The molecule has 1 heterocycles. The predicted molar refractivity (Wildman–Crippen MR) is 67.7 cm³/mol. The van der Waals surface area contributed by atoms with Gasteiger partial charge >= 0.3 is 23.9 Å². The van der Waals surface area contributed by atoms with Gasteiger partial charge < -0.3 is 20.4 Å². The van der Waals surface area contributed by atoms with Crippen molar-refractivity contribution in [1.29, 1.82) is 0 Å². The zero-order valence-corrected chi connectivity index (χ0v) is 11.0. The van der Waals surface area contributed by atoms with Gasteiger partial charge in [0.05, 0.1) is 6.42 Å². The van der Waals surface area contributed by atoms with E-state index in [9.17, 15) is 19.2 Å². The molecule has 0 spiro atoms. The number of thioether (sulfide) groups is 1. The summed E-state index contributed by atoms with van der Waals surface area (Å²) in [6.07, 6.45) is -0.701. The molecule has 0 bridgehead atoms. The Bertz CT molecular complexity index is 582. The number of aromatic nitrogens is 1. The van der Waals surface area contributed by atoms with Gasteiger partial charge in [0.1, 0.15) is 16.6 Å². The van der Waals surface area contributed by atoms with Gasteiger partial charge in [-0.1, -0.05) is 0 Å². The summed E-state index contributed by atoms with van der Waals surface area (Å²) in [5.74, 6) is -5.72. The maximum Gasteiger partial charge on any atom is 0.354 e. The Morgan fingerprint density at radius 3 is 1.81 bits per heavy atom. The lowest BCUT2D eigenvalue weighted by Crippen LogP contribution is -2.20. The fraction of sp³-hybridized carbons (Fsp3) is 0.182. The van der Waals surface area contributed by atoms with Crippen molar-refractivity contribution in [3.63, 3.8) is 0 Å². The molecule has 10 heteroatoms.